The maximum absolute atomic E-state index is 11.8. The lowest BCUT2D eigenvalue weighted by molar-refractivity contribution is -0.129. The van der Waals surface area contributed by atoms with Gasteiger partial charge in [0.1, 0.15) is 5.82 Å². The molecule has 6 nitrogen and oxygen atoms in total. The van der Waals surface area contributed by atoms with Crippen molar-refractivity contribution in [3.05, 3.63) is 41.9 Å². The minimum absolute atomic E-state index is 0.112. The third kappa shape index (κ3) is 3.10. The van der Waals surface area contributed by atoms with E-state index < -0.39 is 0 Å². The summed E-state index contributed by atoms with van der Waals surface area (Å²) in [4.78, 5) is 20.6. The third-order valence-corrected chi connectivity index (χ3v) is 4.00. The average molecular weight is 299 g/mol. The summed E-state index contributed by atoms with van der Waals surface area (Å²) in [5.41, 5.74) is 2.11. The van der Waals surface area contributed by atoms with Crippen LogP contribution in [0.2, 0.25) is 0 Å². The van der Waals surface area contributed by atoms with Crippen LogP contribution < -0.4 is 4.90 Å². The smallest absolute Gasteiger partial charge is 0.219 e. The van der Waals surface area contributed by atoms with Gasteiger partial charge in [-0.15, -0.1) is 0 Å². The van der Waals surface area contributed by atoms with Crippen molar-refractivity contribution in [1.29, 1.82) is 0 Å². The van der Waals surface area contributed by atoms with Crippen LogP contribution in [-0.4, -0.2) is 45.2 Å². The number of aromatic nitrogens is 3. The van der Waals surface area contributed by atoms with Gasteiger partial charge in [0.2, 0.25) is 5.91 Å². The van der Waals surface area contributed by atoms with Crippen LogP contribution in [0.15, 0.2) is 30.6 Å². The van der Waals surface area contributed by atoms with Gasteiger partial charge in [0.25, 0.3) is 0 Å². The van der Waals surface area contributed by atoms with Crippen LogP contribution in [0.1, 0.15) is 18.2 Å². The third-order valence-electron chi connectivity index (χ3n) is 4.00. The Morgan fingerprint density at radius 2 is 2.14 bits per heavy atom. The van der Waals surface area contributed by atoms with Crippen molar-refractivity contribution < 1.29 is 4.79 Å². The molecule has 3 rings (SSSR count). The number of aryl methyl sites for hydroxylation is 1. The van der Waals surface area contributed by atoms with Gasteiger partial charge in [-0.05, 0) is 19.1 Å². The lowest BCUT2D eigenvalue weighted by Crippen LogP contribution is -2.35. The van der Waals surface area contributed by atoms with Crippen molar-refractivity contribution in [2.75, 3.05) is 24.5 Å². The molecule has 0 radical (unpaired) electrons. The second-order valence-corrected chi connectivity index (χ2v) is 5.63. The molecule has 0 aromatic carbocycles. The molecule has 0 bridgehead atoms. The van der Waals surface area contributed by atoms with Gasteiger partial charge in [0.15, 0.2) is 0 Å². The zero-order chi connectivity index (χ0) is 15.5. The van der Waals surface area contributed by atoms with E-state index in [1.165, 1.54) is 0 Å². The van der Waals surface area contributed by atoms with Gasteiger partial charge in [0.05, 0.1) is 6.54 Å². The molecule has 116 valence electrons. The van der Waals surface area contributed by atoms with E-state index in [0.717, 1.165) is 43.3 Å². The highest BCUT2D eigenvalue weighted by molar-refractivity contribution is 5.73. The fraction of sp³-hybridized carbons (Fsp3) is 0.438. The van der Waals surface area contributed by atoms with E-state index in [1.807, 2.05) is 34.8 Å². The van der Waals surface area contributed by atoms with Gasteiger partial charge in [-0.2, -0.15) is 5.10 Å². The molecule has 22 heavy (non-hydrogen) atoms. The second-order valence-electron chi connectivity index (χ2n) is 5.63. The Hall–Kier alpha value is -2.37. The van der Waals surface area contributed by atoms with Crippen molar-refractivity contribution in [3.63, 3.8) is 0 Å². The first-order valence-corrected chi connectivity index (χ1v) is 7.58. The molecule has 1 aliphatic heterocycles. The Morgan fingerprint density at radius 1 is 1.27 bits per heavy atom. The maximum atomic E-state index is 11.8. The number of hydrogen-bond donors (Lipinski definition) is 0. The Balaban J connectivity index is 1.83. The van der Waals surface area contributed by atoms with Crippen LogP contribution >= 0.6 is 0 Å². The summed E-state index contributed by atoms with van der Waals surface area (Å²) in [5.74, 6) is 1.11. The van der Waals surface area contributed by atoms with Crippen LogP contribution in [0, 0.1) is 6.92 Å². The number of pyridine rings is 1. The molecule has 3 heterocycles. The molecular weight excluding hydrogens is 278 g/mol. The fourth-order valence-corrected chi connectivity index (χ4v) is 2.74. The predicted octanol–water partition coefficient (Wildman–Crippen LogP) is 1.46. The predicted molar refractivity (Wildman–Crippen MR) is 84.5 cm³/mol. The summed E-state index contributed by atoms with van der Waals surface area (Å²) in [5, 5.41) is 4.25. The highest BCUT2D eigenvalue weighted by Crippen LogP contribution is 2.23. The molecule has 0 spiro atoms. The summed E-state index contributed by atoms with van der Waals surface area (Å²) in [6, 6.07) is 6.02. The van der Waals surface area contributed by atoms with Gasteiger partial charge in [-0.25, -0.2) is 4.98 Å². The van der Waals surface area contributed by atoms with Crippen molar-refractivity contribution in [3.8, 4) is 0 Å². The first-order chi connectivity index (χ1) is 10.6. The standard InChI is InChI=1S/C16H21N5O/c1-13-4-5-15-12-20(14(2)22)9-8-19(16(15)18-13)10-11-21-7-3-6-17-21/h3-7H,8-12H2,1-2H3. The zero-order valence-corrected chi connectivity index (χ0v) is 13.1. The van der Waals surface area contributed by atoms with Crippen LogP contribution in [-0.2, 0) is 17.9 Å². The van der Waals surface area contributed by atoms with Crippen molar-refractivity contribution in [2.24, 2.45) is 0 Å². The van der Waals surface area contributed by atoms with E-state index in [2.05, 4.69) is 16.1 Å². The van der Waals surface area contributed by atoms with Crippen molar-refractivity contribution in [1.82, 2.24) is 19.7 Å². The molecule has 0 saturated heterocycles. The number of anilines is 1. The number of nitrogens with zero attached hydrogens (tertiary/aromatic N) is 5. The Bertz CT molecular complexity index is 653. The Labute approximate surface area is 130 Å². The molecule has 6 heteroatoms. The Kier molecular flexibility index (Phi) is 4.09. The van der Waals surface area contributed by atoms with E-state index in [0.29, 0.717) is 6.54 Å². The highest BCUT2D eigenvalue weighted by atomic mass is 16.2. The molecule has 0 saturated carbocycles. The number of carbonyl (C=O) groups excluding carboxylic acids is 1. The molecule has 0 unspecified atom stereocenters. The van der Waals surface area contributed by atoms with Crippen LogP contribution in [0.25, 0.3) is 0 Å². The van der Waals surface area contributed by atoms with Gasteiger partial charge in [0, 0.05) is 56.8 Å². The fourth-order valence-electron chi connectivity index (χ4n) is 2.74. The molecule has 1 amide bonds. The monoisotopic (exact) mass is 299 g/mol. The second kappa shape index (κ2) is 6.17. The number of rotatable bonds is 3. The van der Waals surface area contributed by atoms with Gasteiger partial charge in [-0.1, -0.05) is 6.07 Å². The molecule has 0 N–H and O–H groups in total. The van der Waals surface area contributed by atoms with Gasteiger partial charge < -0.3 is 9.80 Å². The highest BCUT2D eigenvalue weighted by Gasteiger charge is 2.22. The zero-order valence-electron chi connectivity index (χ0n) is 13.1. The Morgan fingerprint density at radius 3 is 2.86 bits per heavy atom. The van der Waals surface area contributed by atoms with Crippen LogP contribution in [0.3, 0.4) is 0 Å². The lowest BCUT2D eigenvalue weighted by Gasteiger charge is -2.24. The molecule has 2 aromatic rings. The van der Waals surface area contributed by atoms with Crippen LogP contribution in [0.5, 0.6) is 0 Å². The van der Waals surface area contributed by atoms with Gasteiger partial charge >= 0.3 is 0 Å². The first kappa shape index (κ1) is 14.6. The summed E-state index contributed by atoms with van der Waals surface area (Å²) in [6.07, 6.45) is 3.75. The SMILES string of the molecule is CC(=O)N1CCN(CCn2cccn2)c2nc(C)ccc2C1. The van der Waals surface area contributed by atoms with E-state index in [1.54, 1.807) is 13.1 Å². The number of amides is 1. The molecule has 0 fully saturated rings. The normalized spacial score (nSPS) is 14.6. The maximum Gasteiger partial charge on any atom is 0.219 e. The summed E-state index contributed by atoms with van der Waals surface area (Å²) in [6.45, 7) is 7.42. The lowest BCUT2D eigenvalue weighted by atomic mass is 10.2. The van der Waals surface area contributed by atoms with E-state index in [-0.39, 0.29) is 5.91 Å². The largest absolute Gasteiger partial charge is 0.353 e. The minimum Gasteiger partial charge on any atom is -0.353 e. The molecule has 2 aromatic heterocycles. The first-order valence-electron chi connectivity index (χ1n) is 7.58. The van der Waals surface area contributed by atoms with Crippen molar-refractivity contribution >= 4 is 11.7 Å². The summed E-state index contributed by atoms with van der Waals surface area (Å²) < 4.78 is 1.92. The number of hydrogen-bond acceptors (Lipinski definition) is 4. The van der Waals surface area contributed by atoms with Crippen molar-refractivity contribution in [2.45, 2.75) is 26.9 Å². The van der Waals surface area contributed by atoms with Crippen LogP contribution in [0.4, 0.5) is 5.82 Å². The number of fused-ring (bicyclic) bond motifs is 1. The van der Waals surface area contributed by atoms with E-state index in [4.69, 9.17) is 4.98 Å². The number of carbonyl (C=O) groups is 1. The summed E-state index contributed by atoms with van der Waals surface area (Å²) in [7, 11) is 0. The molecule has 0 atom stereocenters. The quantitative estimate of drug-likeness (QED) is 0.861. The average Bonchev–Trinajstić information content (AvgIpc) is 2.94. The van der Waals surface area contributed by atoms with Gasteiger partial charge in [-0.3, -0.25) is 9.48 Å². The van der Waals surface area contributed by atoms with E-state index >= 15 is 0 Å². The molecular formula is C16H21N5O. The topological polar surface area (TPSA) is 54.3 Å². The summed E-state index contributed by atoms with van der Waals surface area (Å²) >= 11 is 0. The molecule has 0 aliphatic carbocycles. The van der Waals surface area contributed by atoms with E-state index in [9.17, 15) is 4.79 Å². The minimum atomic E-state index is 0.112. The molecule has 1 aliphatic rings.